The number of carbonyl (C=O) groups excluding carboxylic acids is 2. The first-order chi connectivity index (χ1) is 16.3. The Hall–Kier alpha value is -2.16. The molecule has 6 nitrogen and oxygen atoms in total. The maximum Gasteiger partial charge on any atom is 0.273 e. The van der Waals surface area contributed by atoms with Crippen molar-refractivity contribution in [2.75, 3.05) is 24.6 Å². The molecule has 1 atom stereocenters. The van der Waals surface area contributed by atoms with Crippen LogP contribution in [0.1, 0.15) is 39.1 Å². The quantitative estimate of drug-likeness (QED) is 0.353. The number of amides is 2. The number of halogens is 3. The molecular weight excluding hydrogens is 517 g/mol. The number of anilines is 2. The largest absolute Gasteiger partial charge is 0.377 e. The summed E-state index contributed by atoms with van der Waals surface area (Å²) < 4.78 is 5.66. The fourth-order valence-corrected chi connectivity index (χ4v) is 5.33. The average Bonchev–Trinajstić information content (AvgIpc) is 3.42. The molecule has 1 aliphatic rings. The molecule has 0 N–H and O–H groups in total. The van der Waals surface area contributed by atoms with Gasteiger partial charge in [0.05, 0.1) is 22.4 Å². The van der Waals surface area contributed by atoms with E-state index in [0.717, 1.165) is 6.42 Å². The average molecular weight is 539 g/mol. The van der Waals surface area contributed by atoms with E-state index in [-0.39, 0.29) is 22.6 Å². The van der Waals surface area contributed by atoms with Gasteiger partial charge in [0, 0.05) is 34.6 Å². The molecule has 0 spiro atoms. The van der Waals surface area contributed by atoms with Gasteiger partial charge in [-0.3, -0.25) is 14.5 Å². The second-order valence-electron chi connectivity index (χ2n) is 7.76. The second kappa shape index (κ2) is 10.6. The van der Waals surface area contributed by atoms with Gasteiger partial charge in [-0.1, -0.05) is 34.8 Å². The molecule has 10 heteroatoms. The second-order valence-corrected chi connectivity index (χ2v) is 10.2. The highest BCUT2D eigenvalue weighted by Crippen LogP contribution is 2.35. The highest BCUT2D eigenvalue weighted by Gasteiger charge is 2.32. The van der Waals surface area contributed by atoms with Crippen molar-refractivity contribution in [2.24, 2.45) is 0 Å². The monoisotopic (exact) mass is 537 g/mol. The lowest BCUT2D eigenvalue weighted by atomic mass is 10.2. The van der Waals surface area contributed by atoms with Gasteiger partial charge in [0.2, 0.25) is 0 Å². The molecule has 2 heterocycles. The molecule has 0 saturated carbocycles. The van der Waals surface area contributed by atoms with E-state index in [9.17, 15) is 9.59 Å². The van der Waals surface area contributed by atoms with Crippen LogP contribution in [0, 0.1) is 6.92 Å². The van der Waals surface area contributed by atoms with Crippen LogP contribution >= 0.6 is 46.1 Å². The third-order valence-electron chi connectivity index (χ3n) is 5.46. The molecule has 2 aromatic carbocycles. The van der Waals surface area contributed by atoms with Crippen molar-refractivity contribution >= 4 is 68.8 Å². The first kappa shape index (κ1) is 24.9. The van der Waals surface area contributed by atoms with Crippen LogP contribution in [0.15, 0.2) is 42.5 Å². The molecule has 1 saturated heterocycles. The number of rotatable bonds is 6. The number of aryl methyl sites for hydroxylation is 1. The summed E-state index contributed by atoms with van der Waals surface area (Å²) in [5.41, 5.74) is 1.14. The molecule has 2 amide bonds. The van der Waals surface area contributed by atoms with Crippen LogP contribution in [0.3, 0.4) is 0 Å². The van der Waals surface area contributed by atoms with E-state index in [1.54, 1.807) is 41.3 Å². The van der Waals surface area contributed by atoms with Crippen molar-refractivity contribution in [2.45, 2.75) is 26.4 Å². The Morgan fingerprint density at radius 1 is 1.15 bits per heavy atom. The normalized spacial score (nSPS) is 15.6. The van der Waals surface area contributed by atoms with Crippen LogP contribution in [0.5, 0.6) is 0 Å². The summed E-state index contributed by atoms with van der Waals surface area (Å²) >= 11 is 19.7. The molecule has 0 bridgehead atoms. The van der Waals surface area contributed by atoms with Gasteiger partial charge >= 0.3 is 0 Å². The van der Waals surface area contributed by atoms with Crippen LogP contribution in [0.4, 0.5) is 10.8 Å². The van der Waals surface area contributed by atoms with E-state index < -0.39 is 5.91 Å². The van der Waals surface area contributed by atoms with Gasteiger partial charge < -0.3 is 9.64 Å². The third-order valence-corrected chi connectivity index (χ3v) is 7.22. The van der Waals surface area contributed by atoms with E-state index in [1.165, 1.54) is 22.3 Å². The summed E-state index contributed by atoms with van der Waals surface area (Å²) in [5, 5.41) is 1.54. The van der Waals surface area contributed by atoms with Gasteiger partial charge in [-0.2, -0.15) is 0 Å². The van der Waals surface area contributed by atoms with Crippen molar-refractivity contribution in [3.63, 3.8) is 0 Å². The van der Waals surface area contributed by atoms with Crippen molar-refractivity contribution in [1.82, 2.24) is 9.88 Å². The van der Waals surface area contributed by atoms with Gasteiger partial charge in [-0.05, 0) is 62.7 Å². The van der Waals surface area contributed by atoms with Gasteiger partial charge in [-0.15, -0.1) is 11.3 Å². The highest BCUT2D eigenvalue weighted by atomic mass is 35.5. The number of carbonyl (C=O) groups is 2. The summed E-state index contributed by atoms with van der Waals surface area (Å²) in [6.07, 6.45) is 0.826. The lowest BCUT2D eigenvalue weighted by molar-refractivity contribution is 0.0595. The molecule has 0 aliphatic carbocycles. The minimum absolute atomic E-state index is 0.0338. The number of likely N-dealkylation sites (tertiary alicyclic amines) is 1. The van der Waals surface area contributed by atoms with E-state index in [0.29, 0.717) is 51.1 Å². The van der Waals surface area contributed by atoms with E-state index in [1.807, 2.05) is 13.8 Å². The fourth-order valence-electron chi connectivity index (χ4n) is 3.80. The Morgan fingerprint density at radius 3 is 2.53 bits per heavy atom. The Labute approximate surface area is 217 Å². The maximum atomic E-state index is 13.6. The molecule has 1 aromatic heterocycles. The van der Waals surface area contributed by atoms with Crippen molar-refractivity contribution in [3.05, 3.63) is 73.7 Å². The number of benzene rings is 2. The standard InChI is InChI=1S/C24H22Cl3N3O3S/c1-3-33-18-10-11-29(13-18)23(32)21-14(2)34-24(28-21)30(17-7-4-15(25)5-8-17)22(31)19-9-6-16(26)12-20(19)27/h4-9,12,18H,3,10-11,13H2,1-2H3/t18-/m1/s1. The first-order valence-electron chi connectivity index (χ1n) is 10.7. The van der Waals surface area contributed by atoms with Crippen molar-refractivity contribution < 1.29 is 14.3 Å². The minimum Gasteiger partial charge on any atom is -0.377 e. The lowest BCUT2D eigenvalue weighted by Crippen LogP contribution is -2.31. The zero-order chi connectivity index (χ0) is 24.4. The minimum atomic E-state index is -0.394. The number of thiazole rings is 1. The van der Waals surface area contributed by atoms with E-state index >= 15 is 0 Å². The van der Waals surface area contributed by atoms with E-state index in [2.05, 4.69) is 4.98 Å². The van der Waals surface area contributed by atoms with Crippen LogP contribution < -0.4 is 4.90 Å². The topological polar surface area (TPSA) is 62.7 Å². The SMILES string of the molecule is CCO[C@@H]1CCN(C(=O)c2nc(N(C(=O)c3ccc(Cl)cc3Cl)c3ccc(Cl)cc3)sc2C)C1. The van der Waals surface area contributed by atoms with Crippen LogP contribution in [-0.2, 0) is 4.74 Å². The number of nitrogens with zero attached hydrogens (tertiary/aromatic N) is 3. The number of hydrogen-bond acceptors (Lipinski definition) is 5. The van der Waals surface area contributed by atoms with Gasteiger partial charge in [0.15, 0.2) is 5.13 Å². The Morgan fingerprint density at radius 2 is 1.85 bits per heavy atom. The van der Waals surface area contributed by atoms with Gasteiger partial charge in [0.1, 0.15) is 5.69 Å². The summed E-state index contributed by atoms with van der Waals surface area (Å²) in [7, 11) is 0. The molecular formula is C24H22Cl3N3O3S. The van der Waals surface area contributed by atoms with Crippen LogP contribution in [-0.4, -0.2) is 47.5 Å². The molecule has 0 unspecified atom stereocenters. The van der Waals surface area contributed by atoms with Crippen molar-refractivity contribution in [3.8, 4) is 0 Å². The van der Waals surface area contributed by atoms with Crippen LogP contribution in [0.2, 0.25) is 15.1 Å². The van der Waals surface area contributed by atoms with Gasteiger partial charge in [0.25, 0.3) is 11.8 Å². The molecule has 178 valence electrons. The Bertz CT molecular complexity index is 1220. The predicted molar refractivity (Wildman–Crippen MR) is 137 cm³/mol. The number of hydrogen-bond donors (Lipinski definition) is 0. The Kier molecular flexibility index (Phi) is 7.80. The molecule has 1 aliphatic heterocycles. The van der Waals surface area contributed by atoms with Gasteiger partial charge in [-0.25, -0.2) is 4.98 Å². The van der Waals surface area contributed by atoms with E-state index in [4.69, 9.17) is 39.5 Å². The van der Waals surface area contributed by atoms with Crippen LogP contribution in [0.25, 0.3) is 0 Å². The molecule has 1 fully saturated rings. The smallest absolute Gasteiger partial charge is 0.273 e. The van der Waals surface area contributed by atoms with Crippen molar-refractivity contribution in [1.29, 1.82) is 0 Å². The summed E-state index contributed by atoms with van der Waals surface area (Å²) in [4.78, 5) is 35.4. The third kappa shape index (κ3) is 5.24. The Balaban J connectivity index is 1.70. The summed E-state index contributed by atoms with van der Waals surface area (Å²) in [6.45, 7) is 5.51. The maximum absolute atomic E-state index is 13.6. The predicted octanol–water partition coefficient (Wildman–Crippen LogP) is 6.64. The highest BCUT2D eigenvalue weighted by molar-refractivity contribution is 7.16. The molecule has 34 heavy (non-hydrogen) atoms. The fraction of sp³-hybridized carbons (Fsp3) is 0.292. The molecule has 3 aromatic rings. The first-order valence-corrected chi connectivity index (χ1v) is 12.7. The molecule has 4 rings (SSSR count). The summed E-state index contributed by atoms with van der Waals surface area (Å²) in [5.74, 6) is -0.565. The summed E-state index contributed by atoms with van der Waals surface area (Å²) in [6, 6.07) is 11.5. The zero-order valence-corrected chi connectivity index (χ0v) is 21.6. The number of ether oxygens (including phenoxy) is 1. The lowest BCUT2D eigenvalue weighted by Gasteiger charge is -2.21. The zero-order valence-electron chi connectivity index (χ0n) is 18.6. The molecule has 0 radical (unpaired) electrons. The number of aromatic nitrogens is 1.